The lowest BCUT2D eigenvalue weighted by Gasteiger charge is -2.24. The molecule has 0 aliphatic carbocycles. The summed E-state index contributed by atoms with van der Waals surface area (Å²) in [6.07, 6.45) is 5.60. The fourth-order valence-corrected chi connectivity index (χ4v) is 1.74. The Morgan fingerprint density at radius 2 is 1.19 bits per heavy atom. The Bertz CT molecular complexity index is 454. The summed E-state index contributed by atoms with van der Waals surface area (Å²) in [6, 6.07) is 19.5. The van der Waals surface area contributed by atoms with Crippen LogP contribution in [0.4, 0.5) is 0 Å². The monoisotopic (exact) mass is 207 g/mol. The largest absolute Gasteiger partial charge is 0.308 e. The molecule has 1 nitrogen and oxygen atoms in total. The molecule has 0 spiro atoms. The molecular formula is C15H13N. The van der Waals surface area contributed by atoms with Gasteiger partial charge in [0.1, 0.15) is 5.54 Å². The van der Waals surface area contributed by atoms with Crippen LogP contribution < -0.4 is 5.73 Å². The maximum Gasteiger partial charge on any atom is 0.128 e. The highest BCUT2D eigenvalue weighted by molar-refractivity contribution is 5.45. The zero-order chi connectivity index (χ0) is 11.4. The highest BCUT2D eigenvalue weighted by Gasteiger charge is 2.26. The van der Waals surface area contributed by atoms with Gasteiger partial charge in [-0.2, -0.15) is 0 Å². The summed E-state index contributed by atoms with van der Waals surface area (Å²) in [6.45, 7) is 0. The van der Waals surface area contributed by atoms with Gasteiger partial charge in [0.15, 0.2) is 0 Å². The van der Waals surface area contributed by atoms with Gasteiger partial charge in [0.05, 0.1) is 0 Å². The number of hydrogen-bond acceptors (Lipinski definition) is 1. The molecular weight excluding hydrogens is 194 g/mol. The zero-order valence-electron chi connectivity index (χ0n) is 8.93. The van der Waals surface area contributed by atoms with Crippen molar-refractivity contribution in [1.82, 2.24) is 0 Å². The minimum absolute atomic E-state index is 0.845. The second kappa shape index (κ2) is 4.22. The van der Waals surface area contributed by atoms with Gasteiger partial charge in [-0.3, -0.25) is 0 Å². The highest BCUT2D eigenvalue weighted by Crippen LogP contribution is 2.25. The summed E-state index contributed by atoms with van der Waals surface area (Å²) in [4.78, 5) is 0. The van der Waals surface area contributed by atoms with E-state index in [4.69, 9.17) is 12.2 Å². The van der Waals surface area contributed by atoms with Crippen LogP contribution in [-0.2, 0) is 5.54 Å². The number of nitrogens with two attached hydrogens (primary N) is 1. The van der Waals surface area contributed by atoms with Gasteiger partial charge in [-0.1, -0.05) is 66.6 Å². The van der Waals surface area contributed by atoms with E-state index in [1.807, 2.05) is 60.7 Å². The third-order valence-electron chi connectivity index (χ3n) is 2.69. The lowest BCUT2D eigenvalue weighted by molar-refractivity contribution is 0.710. The molecule has 0 saturated heterocycles. The fourth-order valence-electron chi connectivity index (χ4n) is 1.74. The number of hydrogen-bond donors (Lipinski definition) is 1. The van der Waals surface area contributed by atoms with Gasteiger partial charge in [-0.05, 0) is 11.1 Å². The summed E-state index contributed by atoms with van der Waals surface area (Å²) in [5, 5.41) is 0. The highest BCUT2D eigenvalue weighted by atomic mass is 14.7. The standard InChI is InChI=1S/C15H13N/c1-2-15(16,13-9-5-3-6-10-13)14-11-7-4-8-12-14/h1,3-12H,16H2. The molecule has 2 N–H and O–H groups in total. The Labute approximate surface area is 95.9 Å². The van der Waals surface area contributed by atoms with Crippen molar-refractivity contribution in [2.45, 2.75) is 5.54 Å². The lowest BCUT2D eigenvalue weighted by Crippen LogP contribution is -2.36. The smallest absolute Gasteiger partial charge is 0.128 e. The van der Waals surface area contributed by atoms with Crippen molar-refractivity contribution in [2.75, 3.05) is 0 Å². The number of terminal acetylenes is 1. The van der Waals surface area contributed by atoms with Crippen molar-refractivity contribution in [3.8, 4) is 12.3 Å². The second-order valence-corrected chi connectivity index (χ2v) is 3.68. The van der Waals surface area contributed by atoms with E-state index in [1.54, 1.807) is 0 Å². The van der Waals surface area contributed by atoms with Crippen LogP contribution in [-0.4, -0.2) is 0 Å². The minimum Gasteiger partial charge on any atom is -0.308 e. The molecule has 0 fully saturated rings. The van der Waals surface area contributed by atoms with Gasteiger partial charge < -0.3 is 5.73 Å². The van der Waals surface area contributed by atoms with E-state index in [9.17, 15) is 0 Å². The Morgan fingerprint density at radius 3 is 1.50 bits per heavy atom. The molecule has 0 bridgehead atoms. The summed E-state index contributed by atoms with van der Waals surface area (Å²) < 4.78 is 0. The first-order chi connectivity index (χ1) is 7.77. The molecule has 1 heteroatoms. The second-order valence-electron chi connectivity index (χ2n) is 3.68. The Balaban J connectivity index is 2.55. The third kappa shape index (κ3) is 1.71. The summed E-state index contributed by atoms with van der Waals surface area (Å²) in [5.74, 6) is 2.69. The predicted molar refractivity (Wildman–Crippen MR) is 66.7 cm³/mol. The SMILES string of the molecule is C#CC(N)(c1ccccc1)c1ccccc1. The molecule has 78 valence electrons. The van der Waals surface area contributed by atoms with Gasteiger partial charge >= 0.3 is 0 Å². The molecule has 2 aromatic rings. The minimum atomic E-state index is -0.845. The van der Waals surface area contributed by atoms with Crippen molar-refractivity contribution >= 4 is 0 Å². The van der Waals surface area contributed by atoms with Crippen LogP contribution in [0.3, 0.4) is 0 Å². The first-order valence-electron chi connectivity index (χ1n) is 5.15. The zero-order valence-corrected chi connectivity index (χ0v) is 8.93. The molecule has 0 atom stereocenters. The van der Waals surface area contributed by atoms with Crippen LogP contribution in [0, 0.1) is 12.3 Å². The van der Waals surface area contributed by atoms with Crippen LogP contribution in [0.2, 0.25) is 0 Å². The van der Waals surface area contributed by atoms with Gasteiger partial charge in [0.25, 0.3) is 0 Å². The molecule has 2 aromatic carbocycles. The van der Waals surface area contributed by atoms with Crippen LogP contribution in [0.5, 0.6) is 0 Å². The van der Waals surface area contributed by atoms with Crippen LogP contribution in [0.25, 0.3) is 0 Å². The van der Waals surface area contributed by atoms with E-state index < -0.39 is 5.54 Å². The predicted octanol–water partition coefficient (Wildman–Crippen LogP) is 2.52. The third-order valence-corrected chi connectivity index (χ3v) is 2.69. The number of benzene rings is 2. The average Bonchev–Trinajstić information content (AvgIpc) is 2.40. The van der Waals surface area contributed by atoms with Gasteiger partial charge in [0, 0.05) is 0 Å². The van der Waals surface area contributed by atoms with E-state index in [1.165, 1.54) is 0 Å². The van der Waals surface area contributed by atoms with Gasteiger partial charge in [-0.15, -0.1) is 6.42 Å². The molecule has 0 heterocycles. The van der Waals surface area contributed by atoms with E-state index >= 15 is 0 Å². The van der Waals surface area contributed by atoms with Crippen molar-refractivity contribution in [3.63, 3.8) is 0 Å². The Morgan fingerprint density at radius 1 is 0.812 bits per heavy atom. The van der Waals surface area contributed by atoms with E-state index in [0.29, 0.717) is 0 Å². The Hall–Kier alpha value is -2.04. The molecule has 0 aromatic heterocycles. The molecule has 0 unspecified atom stereocenters. The molecule has 2 rings (SSSR count). The molecule has 16 heavy (non-hydrogen) atoms. The Kier molecular flexibility index (Phi) is 2.76. The van der Waals surface area contributed by atoms with Crippen molar-refractivity contribution in [1.29, 1.82) is 0 Å². The van der Waals surface area contributed by atoms with Crippen molar-refractivity contribution in [2.24, 2.45) is 5.73 Å². The number of rotatable bonds is 2. The molecule has 0 aliphatic rings. The van der Waals surface area contributed by atoms with Crippen LogP contribution >= 0.6 is 0 Å². The molecule has 0 aliphatic heterocycles. The van der Waals surface area contributed by atoms with E-state index in [-0.39, 0.29) is 0 Å². The maximum atomic E-state index is 6.30. The maximum absolute atomic E-state index is 6.30. The van der Waals surface area contributed by atoms with Gasteiger partial charge in [0.2, 0.25) is 0 Å². The summed E-state index contributed by atoms with van der Waals surface area (Å²) in [7, 11) is 0. The van der Waals surface area contributed by atoms with Gasteiger partial charge in [-0.25, -0.2) is 0 Å². The van der Waals surface area contributed by atoms with E-state index in [2.05, 4.69) is 5.92 Å². The van der Waals surface area contributed by atoms with Crippen LogP contribution in [0.1, 0.15) is 11.1 Å². The quantitative estimate of drug-likeness (QED) is 0.752. The lowest BCUT2D eigenvalue weighted by atomic mass is 9.85. The van der Waals surface area contributed by atoms with Crippen molar-refractivity contribution in [3.05, 3.63) is 71.8 Å². The normalized spacial score (nSPS) is 10.8. The molecule has 0 radical (unpaired) electrons. The van der Waals surface area contributed by atoms with E-state index in [0.717, 1.165) is 11.1 Å². The van der Waals surface area contributed by atoms with Crippen molar-refractivity contribution < 1.29 is 0 Å². The molecule has 0 saturated carbocycles. The average molecular weight is 207 g/mol. The first kappa shape index (κ1) is 10.5. The first-order valence-corrected chi connectivity index (χ1v) is 5.15. The van der Waals surface area contributed by atoms with Crippen LogP contribution in [0.15, 0.2) is 60.7 Å². The fraction of sp³-hybridized carbons (Fsp3) is 0.0667. The summed E-state index contributed by atoms with van der Waals surface area (Å²) in [5.41, 5.74) is 7.33. The summed E-state index contributed by atoms with van der Waals surface area (Å²) >= 11 is 0. The molecule has 0 amide bonds. The topological polar surface area (TPSA) is 26.0 Å².